The fraction of sp³-hybridized carbons (Fsp3) is 0.800. The Labute approximate surface area is 146 Å². The molecule has 134 valence electrons. The normalized spacial score (nSPS) is 28.0. The first-order valence-electron chi connectivity index (χ1n) is 9.85. The third kappa shape index (κ3) is 3.25. The molecule has 1 heterocycles. The maximum absolute atomic E-state index is 13.1. The summed E-state index contributed by atoms with van der Waals surface area (Å²) < 4.78 is 0. The van der Waals surface area contributed by atoms with Crippen LogP contribution < -0.4 is 5.32 Å². The molecule has 2 amide bonds. The first kappa shape index (κ1) is 17.5. The zero-order valence-corrected chi connectivity index (χ0v) is 15.3. The summed E-state index contributed by atoms with van der Waals surface area (Å²) in [5.74, 6) is 0.984. The Morgan fingerprint density at radius 3 is 2.75 bits per heavy atom. The molecule has 0 bridgehead atoms. The van der Waals surface area contributed by atoms with Crippen molar-refractivity contribution in [2.24, 2.45) is 11.3 Å². The SMILES string of the molecule is CC(C)CCNC(=O)[C@@]12CCCC=C1N(C1CCCC1)C(=O)CC2. The van der Waals surface area contributed by atoms with Crippen LogP contribution in [-0.4, -0.2) is 29.3 Å². The number of amides is 2. The second kappa shape index (κ2) is 7.28. The highest BCUT2D eigenvalue weighted by molar-refractivity contribution is 5.91. The zero-order valence-electron chi connectivity index (χ0n) is 15.3. The first-order chi connectivity index (χ1) is 11.5. The standard InChI is InChI=1S/C20H32N2O2/c1-15(2)11-14-21-19(24)20-12-6-5-9-17(20)22(18(23)10-13-20)16-7-3-4-8-16/h9,15-16H,3-8,10-14H2,1-2H3,(H,21,24)/t20-/m1/s1. The van der Waals surface area contributed by atoms with E-state index in [1.54, 1.807) is 0 Å². The Bertz CT molecular complexity index is 520. The summed E-state index contributed by atoms with van der Waals surface area (Å²) in [6.07, 6.45) is 11.9. The van der Waals surface area contributed by atoms with Gasteiger partial charge in [0.1, 0.15) is 0 Å². The number of hydrogen-bond donors (Lipinski definition) is 1. The van der Waals surface area contributed by atoms with E-state index in [2.05, 4.69) is 25.2 Å². The van der Waals surface area contributed by atoms with Crippen molar-refractivity contribution in [3.05, 3.63) is 11.8 Å². The van der Waals surface area contributed by atoms with Gasteiger partial charge in [-0.15, -0.1) is 0 Å². The predicted octanol–water partition coefficient (Wildman–Crippen LogP) is 3.77. The second-order valence-corrected chi connectivity index (χ2v) is 8.20. The molecular formula is C20H32N2O2. The van der Waals surface area contributed by atoms with Gasteiger partial charge in [-0.1, -0.05) is 32.8 Å². The molecule has 2 aliphatic carbocycles. The average Bonchev–Trinajstić information content (AvgIpc) is 3.08. The Balaban J connectivity index is 1.81. The number of allylic oxidation sites excluding steroid dienone is 1. The molecule has 2 fully saturated rings. The molecule has 0 unspecified atom stereocenters. The summed E-state index contributed by atoms with van der Waals surface area (Å²) >= 11 is 0. The summed E-state index contributed by atoms with van der Waals surface area (Å²) in [6, 6.07) is 0.324. The van der Waals surface area contributed by atoms with Crippen molar-refractivity contribution in [2.45, 2.75) is 84.1 Å². The van der Waals surface area contributed by atoms with E-state index in [0.29, 0.717) is 24.8 Å². The molecule has 4 heteroatoms. The highest BCUT2D eigenvalue weighted by Crippen LogP contribution is 2.48. The van der Waals surface area contributed by atoms with Gasteiger partial charge in [-0.3, -0.25) is 9.59 Å². The molecule has 4 nitrogen and oxygen atoms in total. The predicted molar refractivity (Wildman–Crippen MR) is 95.2 cm³/mol. The molecule has 1 N–H and O–H groups in total. The minimum absolute atomic E-state index is 0.157. The number of hydrogen-bond acceptors (Lipinski definition) is 2. The molecule has 24 heavy (non-hydrogen) atoms. The van der Waals surface area contributed by atoms with Crippen LogP contribution in [-0.2, 0) is 9.59 Å². The maximum Gasteiger partial charge on any atom is 0.232 e. The van der Waals surface area contributed by atoms with E-state index in [1.165, 1.54) is 12.8 Å². The fourth-order valence-corrected chi connectivity index (χ4v) is 4.67. The monoisotopic (exact) mass is 332 g/mol. The summed E-state index contributed by atoms with van der Waals surface area (Å²) in [7, 11) is 0. The van der Waals surface area contributed by atoms with Crippen LogP contribution >= 0.6 is 0 Å². The average molecular weight is 332 g/mol. The molecule has 0 aromatic heterocycles. The molecule has 0 aromatic rings. The van der Waals surface area contributed by atoms with E-state index in [4.69, 9.17) is 0 Å². The lowest BCUT2D eigenvalue weighted by molar-refractivity contribution is -0.142. The fourth-order valence-electron chi connectivity index (χ4n) is 4.67. The van der Waals surface area contributed by atoms with Crippen LogP contribution in [0.15, 0.2) is 11.8 Å². The molecule has 0 radical (unpaired) electrons. The summed E-state index contributed by atoms with van der Waals surface area (Å²) in [4.78, 5) is 27.8. The Hall–Kier alpha value is -1.32. The highest BCUT2D eigenvalue weighted by atomic mass is 16.2. The Morgan fingerprint density at radius 2 is 2.04 bits per heavy atom. The van der Waals surface area contributed by atoms with Crippen molar-refractivity contribution >= 4 is 11.8 Å². The smallest absolute Gasteiger partial charge is 0.232 e. The van der Waals surface area contributed by atoms with Crippen molar-refractivity contribution in [3.8, 4) is 0 Å². The van der Waals surface area contributed by atoms with Crippen LogP contribution in [0.4, 0.5) is 0 Å². The van der Waals surface area contributed by atoms with Crippen LogP contribution in [0.3, 0.4) is 0 Å². The highest BCUT2D eigenvalue weighted by Gasteiger charge is 2.51. The molecule has 1 atom stereocenters. The van der Waals surface area contributed by atoms with Crippen LogP contribution in [0.25, 0.3) is 0 Å². The van der Waals surface area contributed by atoms with E-state index in [-0.39, 0.29) is 11.8 Å². The number of fused-ring (bicyclic) bond motifs is 1. The van der Waals surface area contributed by atoms with Crippen LogP contribution in [0.1, 0.15) is 78.1 Å². The van der Waals surface area contributed by atoms with Gasteiger partial charge >= 0.3 is 0 Å². The van der Waals surface area contributed by atoms with Gasteiger partial charge < -0.3 is 10.2 Å². The molecule has 1 aliphatic heterocycles. The van der Waals surface area contributed by atoms with Crippen molar-refractivity contribution < 1.29 is 9.59 Å². The minimum atomic E-state index is -0.453. The molecule has 0 aromatic carbocycles. The second-order valence-electron chi connectivity index (χ2n) is 8.20. The van der Waals surface area contributed by atoms with Gasteiger partial charge in [0.05, 0.1) is 5.41 Å². The molecule has 1 saturated carbocycles. The lowest BCUT2D eigenvalue weighted by Crippen LogP contribution is -2.55. The number of nitrogens with one attached hydrogen (secondary N) is 1. The van der Waals surface area contributed by atoms with Crippen molar-refractivity contribution in [3.63, 3.8) is 0 Å². The van der Waals surface area contributed by atoms with Crippen molar-refractivity contribution in [1.29, 1.82) is 0 Å². The van der Waals surface area contributed by atoms with Gasteiger partial charge in [-0.2, -0.15) is 0 Å². The number of nitrogens with zero attached hydrogens (tertiary/aromatic N) is 1. The lowest BCUT2D eigenvalue weighted by Gasteiger charge is -2.48. The van der Waals surface area contributed by atoms with Gasteiger partial charge in [0.25, 0.3) is 0 Å². The molecule has 3 aliphatic rings. The van der Waals surface area contributed by atoms with Crippen LogP contribution in [0.2, 0.25) is 0 Å². The quantitative estimate of drug-likeness (QED) is 0.833. The molecule has 1 saturated heterocycles. The van der Waals surface area contributed by atoms with Gasteiger partial charge in [0.2, 0.25) is 11.8 Å². The topological polar surface area (TPSA) is 49.4 Å². The summed E-state index contributed by atoms with van der Waals surface area (Å²) in [5, 5.41) is 3.18. The van der Waals surface area contributed by atoms with Gasteiger partial charge in [0.15, 0.2) is 0 Å². The van der Waals surface area contributed by atoms with Crippen molar-refractivity contribution in [2.75, 3.05) is 6.54 Å². The van der Waals surface area contributed by atoms with E-state index >= 15 is 0 Å². The Kier molecular flexibility index (Phi) is 5.31. The van der Waals surface area contributed by atoms with Gasteiger partial charge in [-0.05, 0) is 50.9 Å². The number of piperidine rings is 1. The third-order valence-corrected chi connectivity index (χ3v) is 6.06. The number of rotatable bonds is 5. The minimum Gasteiger partial charge on any atom is -0.355 e. The maximum atomic E-state index is 13.1. The molecular weight excluding hydrogens is 300 g/mol. The number of carbonyl (C=O) groups is 2. The van der Waals surface area contributed by atoms with E-state index in [1.807, 2.05) is 4.90 Å². The van der Waals surface area contributed by atoms with Gasteiger partial charge in [0, 0.05) is 24.7 Å². The largest absolute Gasteiger partial charge is 0.355 e. The number of carbonyl (C=O) groups excluding carboxylic acids is 2. The molecule has 3 rings (SSSR count). The zero-order chi connectivity index (χ0) is 17.2. The van der Waals surface area contributed by atoms with E-state index in [9.17, 15) is 9.59 Å². The lowest BCUT2D eigenvalue weighted by atomic mass is 9.68. The Morgan fingerprint density at radius 1 is 1.29 bits per heavy atom. The molecule has 0 spiro atoms. The van der Waals surface area contributed by atoms with Crippen molar-refractivity contribution in [1.82, 2.24) is 10.2 Å². The summed E-state index contributed by atoms with van der Waals surface area (Å²) in [6.45, 7) is 5.10. The number of likely N-dealkylation sites (tertiary alicyclic amines) is 1. The van der Waals surface area contributed by atoms with E-state index in [0.717, 1.165) is 50.8 Å². The first-order valence-corrected chi connectivity index (χ1v) is 9.85. The summed E-state index contributed by atoms with van der Waals surface area (Å²) in [5.41, 5.74) is 0.588. The van der Waals surface area contributed by atoms with E-state index < -0.39 is 5.41 Å². The van der Waals surface area contributed by atoms with Gasteiger partial charge in [-0.25, -0.2) is 0 Å². The third-order valence-electron chi connectivity index (χ3n) is 6.06. The van der Waals surface area contributed by atoms with Crippen LogP contribution in [0.5, 0.6) is 0 Å². The van der Waals surface area contributed by atoms with Crippen LogP contribution in [0, 0.1) is 11.3 Å².